The zero-order chi connectivity index (χ0) is 16.8. The Labute approximate surface area is 136 Å². The van der Waals surface area contributed by atoms with Gasteiger partial charge in [0.25, 0.3) is 0 Å². The van der Waals surface area contributed by atoms with Gasteiger partial charge in [0.1, 0.15) is 0 Å². The lowest BCUT2D eigenvalue weighted by molar-refractivity contribution is -0.137. The van der Waals surface area contributed by atoms with E-state index in [0.29, 0.717) is 13.0 Å². The van der Waals surface area contributed by atoms with Gasteiger partial charge in [-0.05, 0) is 54.6 Å². The SMILES string of the molecule is C[C@H]1c2ccsc2CCN1S(=O)(=O)c1ccc(C(F)(F)F)cc1. The Morgan fingerprint density at radius 1 is 1.17 bits per heavy atom. The first kappa shape index (κ1) is 16.5. The van der Waals surface area contributed by atoms with Gasteiger partial charge < -0.3 is 0 Å². The van der Waals surface area contributed by atoms with Crippen LogP contribution in [0.4, 0.5) is 13.2 Å². The highest BCUT2D eigenvalue weighted by molar-refractivity contribution is 7.89. The molecule has 0 saturated carbocycles. The second-order valence-electron chi connectivity index (χ2n) is 5.36. The molecule has 3 rings (SSSR count). The van der Waals surface area contributed by atoms with Crippen molar-refractivity contribution in [3.63, 3.8) is 0 Å². The minimum Gasteiger partial charge on any atom is -0.207 e. The van der Waals surface area contributed by atoms with E-state index in [9.17, 15) is 21.6 Å². The molecule has 0 saturated heterocycles. The van der Waals surface area contributed by atoms with Crippen molar-refractivity contribution >= 4 is 21.4 Å². The largest absolute Gasteiger partial charge is 0.416 e. The number of sulfonamides is 1. The molecule has 1 atom stereocenters. The summed E-state index contributed by atoms with van der Waals surface area (Å²) in [7, 11) is -3.82. The Bertz CT molecular complexity index is 810. The molecule has 124 valence electrons. The average molecular weight is 361 g/mol. The van der Waals surface area contributed by atoms with Crippen molar-refractivity contribution < 1.29 is 21.6 Å². The second kappa shape index (κ2) is 5.61. The van der Waals surface area contributed by atoms with E-state index >= 15 is 0 Å². The first-order valence-electron chi connectivity index (χ1n) is 6.96. The van der Waals surface area contributed by atoms with E-state index in [2.05, 4.69) is 0 Å². The molecule has 1 aliphatic heterocycles. The summed E-state index contributed by atoms with van der Waals surface area (Å²) in [6.07, 6.45) is -3.86. The Morgan fingerprint density at radius 2 is 1.83 bits per heavy atom. The first-order chi connectivity index (χ1) is 10.7. The Kier molecular flexibility index (Phi) is 4.02. The van der Waals surface area contributed by atoms with Crippen LogP contribution in [0.25, 0.3) is 0 Å². The number of nitrogens with zero attached hydrogens (tertiary/aromatic N) is 1. The molecule has 2 heterocycles. The molecule has 0 spiro atoms. The third kappa shape index (κ3) is 2.90. The summed E-state index contributed by atoms with van der Waals surface area (Å²) in [5.74, 6) is 0. The fourth-order valence-corrected chi connectivity index (χ4v) is 5.34. The van der Waals surface area contributed by atoms with Crippen LogP contribution in [0.5, 0.6) is 0 Å². The average Bonchev–Trinajstić information content (AvgIpc) is 2.96. The molecule has 0 fully saturated rings. The molecule has 0 N–H and O–H groups in total. The smallest absolute Gasteiger partial charge is 0.207 e. The van der Waals surface area contributed by atoms with Crippen molar-refractivity contribution in [1.29, 1.82) is 0 Å². The maximum Gasteiger partial charge on any atom is 0.416 e. The lowest BCUT2D eigenvalue weighted by atomic mass is 10.0. The molecule has 0 radical (unpaired) electrons. The van der Waals surface area contributed by atoms with Gasteiger partial charge in [0.2, 0.25) is 10.0 Å². The molecule has 23 heavy (non-hydrogen) atoms. The molecule has 8 heteroatoms. The van der Waals surface area contributed by atoms with E-state index in [1.807, 2.05) is 11.4 Å². The summed E-state index contributed by atoms with van der Waals surface area (Å²) >= 11 is 1.60. The molecular formula is C15H14F3NO2S2. The van der Waals surface area contributed by atoms with Gasteiger partial charge in [-0.15, -0.1) is 11.3 Å². The highest BCUT2D eigenvalue weighted by Crippen LogP contribution is 2.37. The summed E-state index contributed by atoms with van der Waals surface area (Å²) < 4.78 is 64.6. The minimum absolute atomic E-state index is 0.115. The van der Waals surface area contributed by atoms with E-state index in [-0.39, 0.29) is 10.9 Å². The predicted octanol–water partition coefficient (Wildman–Crippen LogP) is 4.07. The molecule has 3 nitrogen and oxygen atoms in total. The van der Waals surface area contributed by atoms with Crippen LogP contribution in [0.3, 0.4) is 0 Å². The highest BCUT2D eigenvalue weighted by atomic mass is 32.2. The van der Waals surface area contributed by atoms with Crippen molar-refractivity contribution in [2.75, 3.05) is 6.54 Å². The number of hydrogen-bond donors (Lipinski definition) is 0. The van der Waals surface area contributed by atoms with Crippen LogP contribution in [-0.2, 0) is 22.6 Å². The number of alkyl halides is 3. The zero-order valence-electron chi connectivity index (χ0n) is 12.2. The fourth-order valence-electron chi connectivity index (χ4n) is 2.77. The van der Waals surface area contributed by atoms with Crippen molar-refractivity contribution in [2.45, 2.75) is 30.5 Å². The summed E-state index contributed by atoms with van der Waals surface area (Å²) in [6, 6.07) is 5.23. The van der Waals surface area contributed by atoms with Crippen molar-refractivity contribution in [2.24, 2.45) is 0 Å². The molecular weight excluding hydrogens is 347 g/mol. The molecule has 0 aliphatic carbocycles. The molecule has 1 aliphatic rings. The Morgan fingerprint density at radius 3 is 2.43 bits per heavy atom. The van der Waals surface area contributed by atoms with Crippen LogP contribution < -0.4 is 0 Å². The first-order valence-corrected chi connectivity index (χ1v) is 9.28. The number of benzene rings is 1. The third-order valence-corrected chi connectivity index (χ3v) is 6.99. The Balaban J connectivity index is 1.93. The third-order valence-electron chi connectivity index (χ3n) is 4.01. The van der Waals surface area contributed by atoms with Crippen molar-refractivity contribution in [3.8, 4) is 0 Å². The fraction of sp³-hybridized carbons (Fsp3) is 0.333. The van der Waals surface area contributed by atoms with Crippen LogP contribution in [0.15, 0.2) is 40.6 Å². The van der Waals surface area contributed by atoms with E-state index in [0.717, 1.165) is 34.7 Å². The lowest BCUT2D eigenvalue weighted by Crippen LogP contribution is -2.38. The number of fused-ring (bicyclic) bond motifs is 1. The van der Waals surface area contributed by atoms with Crippen LogP contribution in [0.2, 0.25) is 0 Å². The van der Waals surface area contributed by atoms with Gasteiger partial charge in [-0.1, -0.05) is 0 Å². The van der Waals surface area contributed by atoms with Gasteiger partial charge in [-0.3, -0.25) is 0 Å². The topological polar surface area (TPSA) is 37.4 Å². The standard InChI is InChI=1S/C15H14F3NO2S2/c1-10-13-7-9-22-14(13)6-8-19(10)23(20,21)12-4-2-11(3-5-12)15(16,17)18/h2-5,7,9-10H,6,8H2,1H3/t10-/m0/s1. The number of halogens is 3. The van der Waals surface area contributed by atoms with E-state index in [4.69, 9.17) is 0 Å². The minimum atomic E-state index is -4.48. The van der Waals surface area contributed by atoms with Gasteiger partial charge in [-0.2, -0.15) is 17.5 Å². The summed E-state index contributed by atoms with van der Waals surface area (Å²) in [6.45, 7) is 2.13. The van der Waals surface area contributed by atoms with Crippen LogP contribution in [-0.4, -0.2) is 19.3 Å². The van der Waals surface area contributed by atoms with Gasteiger partial charge >= 0.3 is 6.18 Å². The maximum atomic E-state index is 12.7. The molecule has 0 amide bonds. The van der Waals surface area contributed by atoms with E-state index in [1.54, 1.807) is 18.3 Å². The summed E-state index contributed by atoms with van der Waals surface area (Å²) in [5, 5.41) is 1.93. The molecule has 2 aromatic rings. The van der Waals surface area contributed by atoms with Gasteiger partial charge in [-0.25, -0.2) is 8.42 Å². The van der Waals surface area contributed by atoms with E-state index in [1.165, 1.54) is 4.31 Å². The number of rotatable bonds is 2. The summed E-state index contributed by atoms with van der Waals surface area (Å²) in [5.41, 5.74) is 0.111. The summed E-state index contributed by atoms with van der Waals surface area (Å²) in [4.78, 5) is 1.05. The number of thiophene rings is 1. The predicted molar refractivity (Wildman–Crippen MR) is 81.8 cm³/mol. The van der Waals surface area contributed by atoms with Crippen molar-refractivity contribution in [3.05, 3.63) is 51.7 Å². The molecule has 1 aromatic heterocycles. The monoisotopic (exact) mass is 361 g/mol. The van der Waals surface area contributed by atoms with Gasteiger partial charge in [0, 0.05) is 17.5 Å². The zero-order valence-corrected chi connectivity index (χ0v) is 13.8. The normalized spacial score (nSPS) is 19.6. The highest BCUT2D eigenvalue weighted by Gasteiger charge is 2.35. The lowest BCUT2D eigenvalue weighted by Gasteiger charge is -2.32. The van der Waals surface area contributed by atoms with Gasteiger partial charge in [0.05, 0.1) is 10.5 Å². The number of hydrogen-bond acceptors (Lipinski definition) is 3. The molecule has 0 unspecified atom stereocenters. The van der Waals surface area contributed by atoms with E-state index < -0.39 is 21.8 Å². The van der Waals surface area contributed by atoms with Crippen molar-refractivity contribution in [1.82, 2.24) is 4.31 Å². The Hall–Kier alpha value is -1.38. The van der Waals surface area contributed by atoms with Crippen LogP contribution in [0.1, 0.15) is 29.0 Å². The van der Waals surface area contributed by atoms with Crippen LogP contribution >= 0.6 is 11.3 Å². The quantitative estimate of drug-likeness (QED) is 0.808. The second-order valence-corrected chi connectivity index (χ2v) is 8.25. The molecule has 1 aromatic carbocycles. The van der Waals surface area contributed by atoms with Gasteiger partial charge in [0.15, 0.2) is 0 Å². The maximum absolute atomic E-state index is 12.7. The van der Waals surface area contributed by atoms with Crippen LogP contribution in [0, 0.1) is 0 Å². The molecule has 0 bridgehead atoms.